The van der Waals surface area contributed by atoms with Gasteiger partial charge in [-0.15, -0.1) is 0 Å². The predicted molar refractivity (Wildman–Crippen MR) is 90.9 cm³/mol. The molecule has 0 aliphatic carbocycles. The molecule has 4 nitrogen and oxygen atoms in total. The van der Waals surface area contributed by atoms with Crippen LogP contribution in [0.2, 0.25) is 0 Å². The van der Waals surface area contributed by atoms with Gasteiger partial charge in [-0.25, -0.2) is 0 Å². The Morgan fingerprint density at radius 3 is 0.800 bits per heavy atom. The van der Waals surface area contributed by atoms with E-state index in [1.807, 2.05) is 41.5 Å². The summed E-state index contributed by atoms with van der Waals surface area (Å²) in [6, 6.07) is 0.559. The van der Waals surface area contributed by atoms with Gasteiger partial charge in [-0.3, -0.25) is 0 Å². The van der Waals surface area contributed by atoms with Crippen molar-refractivity contribution < 1.29 is 20.9 Å². The van der Waals surface area contributed by atoms with Crippen molar-refractivity contribution in [2.45, 2.75) is 61.4 Å². The average Bonchev–Trinajstić information content (AvgIpc) is 2.43. The van der Waals surface area contributed by atoms with Crippen LogP contribution in [-0.4, -0.2) is 45.3 Å². The van der Waals surface area contributed by atoms with E-state index in [9.17, 15) is 0 Å². The van der Waals surface area contributed by atoms with Crippen LogP contribution in [-0.2, 0) is 20.9 Å². The fraction of sp³-hybridized carbons (Fsp3) is 1.00. The summed E-state index contributed by atoms with van der Waals surface area (Å²) in [5.41, 5.74) is 0. The number of hydrogen-bond acceptors (Lipinski definition) is 1. The number of rotatable bonds is 7. The molecule has 20 heavy (non-hydrogen) atoms. The molecule has 0 N–H and O–H groups in total. The summed E-state index contributed by atoms with van der Waals surface area (Å²) in [6.45, 7) is 22.2. The van der Waals surface area contributed by atoms with Gasteiger partial charge in [0.2, 0.25) is 0 Å². The van der Waals surface area contributed by atoms with E-state index in [1.54, 1.807) is 0 Å². The molecule has 0 saturated carbocycles. The first-order valence-corrected chi connectivity index (χ1v) is 9.19. The van der Waals surface area contributed by atoms with Gasteiger partial charge in [0.1, 0.15) is 0 Å². The first-order chi connectivity index (χ1) is 9.51. The van der Waals surface area contributed by atoms with E-state index >= 15 is 0 Å². The van der Waals surface area contributed by atoms with Crippen molar-refractivity contribution in [1.29, 1.82) is 0 Å². The van der Waals surface area contributed by atoms with Crippen LogP contribution in [0.25, 0.3) is 16.0 Å². The van der Waals surface area contributed by atoms with E-state index < -0.39 is 0 Å². The summed E-state index contributed by atoms with van der Waals surface area (Å²) in [7, 11) is 0. The Labute approximate surface area is 141 Å². The molecule has 0 aliphatic heterocycles. The van der Waals surface area contributed by atoms with E-state index in [2.05, 4.69) is 33.1 Å². The summed E-state index contributed by atoms with van der Waals surface area (Å²) in [6.07, 6.45) is 0. The predicted octanol–water partition coefficient (Wildman–Crippen LogP) is 5.32. The minimum absolute atomic E-state index is 0.559. The van der Waals surface area contributed by atoms with Gasteiger partial charge in [0, 0.05) is 0 Å². The monoisotopic (exact) mass is 454 g/mol. The average molecular weight is 454 g/mol. The normalized spacial score (nSPS) is 8.40. The molecule has 0 amide bonds. The molecular formula is C15H37N4Ta-3. The standard InChI is InChI=1S/3C4H10N.C3H7N.Ta/c3*1-3-5-4-2;1-3(2)4;/h3*3-4H2,1-2H3;3H,1-2H3;/q3*-1;;. The van der Waals surface area contributed by atoms with Crippen LogP contribution in [0, 0.1) is 0 Å². The van der Waals surface area contributed by atoms with Gasteiger partial charge in [-0.1, -0.05) is 41.5 Å². The summed E-state index contributed by atoms with van der Waals surface area (Å²) in [4.78, 5) is 0. The Morgan fingerprint density at radius 1 is 0.650 bits per heavy atom. The molecule has 0 heterocycles. The van der Waals surface area contributed by atoms with Gasteiger partial charge >= 0.3 is 44.1 Å². The molecule has 0 atom stereocenters. The van der Waals surface area contributed by atoms with Crippen molar-refractivity contribution >= 4 is 0 Å². The third-order valence-electron chi connectivity index (χ3n) is 1.57. The Morgan fingerprint density at radius 2 is 0.800 bits per heavy atom. The summed E-state index contributed by atoms with van der Waals surface area (Å²) in [5, 5.41) is 11.9. The third kappa shape index (κ3) is 78.8. The second kappa shape index (κ2) is 36.6. The molecule has 0 aromatic heterocycles. The molecule has 0 bridgehead atoms. The van der Waals surface area contributed by atoms with E-state index in [1.165, 1.54) is 0 Å². The summed E-state index contributed by atoms with van der Waals surface area (Å²) in [5.74, 6) is 0. The van der Waals surface area contributed by atoms with E-state index in [-0.39, 0.29) is 0 Å². The van der Waals surface area contributed by atoms with E-state index in [0.29, 0.717) is 6.04 Å². The smallest absolute Gasteiger partial charge is 0.0844 e. The Hall–Kier alpha value is 0.420. The van der Waals surface area contributed by atoms with Crippen molar-refractivity contribution in [3.63, 3.8) is 0 Å². The first-order valence-electron chi connectivity index (χ1n) is 7.75. The fourth-order valence-electron chi connectivity index (χ4n) is 0.671. The minimum Gasteiger partial charge on any atom is -0.663 e. The summed E-state index contributed by atoms with van der Waals surface area (Å²) < 4.78 is 4.00. The van der Waals surface area contributed by atoms with Crippen LogP contribution in [0.15, 0.2) is 3.34 Å². The molecule has 0 aromatic carbocycles. The maximum atomic E-state index is 4.00. The number of nitrogens with zero attached hydrogens (tertiary/aromatic N) is 4. The maximum Gasteiger partial charge on any atom is -0.0844 e. The van der Waals surface area contributed by atoms with Crippen LogP contribution in [0.3, 0.4) is 0 Å². The molecule has 0 fully saturated rings. The second-order valence-corrected chi connectivity index (χ2v) is 4.61. The zero-order valence-corrected chi connectivity index (χ0v) is 18.3. The molecule has 0 aliphatic rings. The zero-order chi connectivity index (χ0) is 16.6. The van der Waals surface area contributed by atoms with Crippen LogP contribution < -0.4 is 0 Å². The molecule has 0 saturated heterocycles. The molecular weight excluding hydrogens is 417 g/mol. The Bertz CT molecular complexity index is 113. The van der Waals surface area contributed by atoms with Gasteiger partial charge in [0.05, 0.1) is 0 Å². The van der Waals surface area contributed by atoms with E-state index in [4.69, 9.17) is 0 Å². The van der Waals surface area contributed by atoms with Crippen molar-refractivity contribution in [3.05, 3.63) is 16.0 Å². The zero-order valence-electron chi connectivity index (χ0n) is 15.1. The largest absolute Gasteiger partial charge is 0.663 e. The van der Waals surface area contributed by atoms with Crippen molar-refractivity contribution in [3.8, 4) is 0 Å². The Balaban J connectivity index is -0.0000000853. The molecule has 0 rings (SSSR count). The molecule has 0 aromatic rings. The van der Waals surface area contributed by atoms with Gasteiger partial charge in [-0.05, 0) is 0 Å². The SMILES string of the molecule is CC(C)[N]=[Ta].CC[N-]CC.CC[N-]CC.CC[N-]CC. The number of hydrogen-bond donors (Lipinski definition) is 0. The molecule has 0 unspecified atom stereocenters. The second-order valence-electron chi connectivity index (χ2n) is 3.78. The third-order valence-corrected chi connectivity index (χ3v) is 3.23. The quantitative estimate of drug-likeness (QED) is 0.500. The van der Waals surface area contributed by atoms with Crippen LogP contribution in [0.5, 0.6) is 0 Å². The molecule has 0 radical (unpaired) electrons. The van der Waals surface area contributed by atoms with Gasteiger partial charge in [0.15, 0.2) is 0 Å². The summed E-state index contributed by atoms with van der Waals surface area (Å²) >= 11 is 1.16. The Kier molecular flexibility index (Phi) is 52.3. The van der Waals surface area contributed by atoms with Crippen LogP contribution in [0.4, 0.5) is 0 Å². The van der Waals surface area contributed by atoms with Crippen LogP contribution in [0.1, 0.15) is 55.4 Å². The van der Waals surface area contributed by atoms with Crippen LogP contribution >= 0.6 is 0 Å². The van der Waals surface area contributed by atoms with Gasteiger partial charge < -0.3 is 16.0 Å². The fourth-order valence-corrected chi connectivity index (χ4v) is 0.671. The first kappa shape index (κ1) is 28.6. The van der Waals surface area contributed by atoms with Crippen molar-refractivity contribution in [1.82, 2.24) is 0 Å². The van der Waals surface area contributed by atoms with Crippen molar-refractivity contribution in [2.75, 3.05) is 39.3 Å². The minimum atomic E-state index is 0.559. The van der Waals surface area contributed by atoms with E-state index in [0.717, 1.165) is 60.2 Å². The van der Waals surface area contributed by atoms with Gasteiger partial charge in [-0.2, -0.15) is 39.3 Å². The topological polar surface area (TPSA) is 54.7 Å². The van der Waals surface area contributed by atoms with Gasteiger partial charge in [0.25, 0.3) is 0 Å². The van der Waals surface area contributed by atoms with Crippen molar-refractivity contribution in [2.24, 2.45) is 3.34 Å². The molecule has 0 spiro atoms. The molecule has 125 valence electrons. The molecule has 5 heteroatoms. The maximum absolute atomic E-state index is 4.00.